The van der Waals surface area contributed by atoms with Gasteiger partial charge in [0.25, 0.3) is 5.69 Å². The first kappa shape index (κ1) is 16.4. The summed E-state index contributed by atoms with van der Waals surface area (Å²) in [7, 11) is -2.58. The zero-order valence-corrected chi connectivity index (χ0v) is 12.3. The molecule has 9 heteroatoms. The fourth-order valence-electron chi connectivity index (χ4n) is 1.47. The Hall–Kier alpha value is -1.69. The second-order valence-electron chi connectivity index (χ2n) is 4.10. The third kappa shape index (κ3) is 3.25. The summed E-state index contributed by atoms with van der Waals surface area (Å²) in [6.07, 6.45) is 0.0281. The van der Waals surface area contributed by atoms with Crippen LogP contribution in [0, 0.1) is 21.4 Å². The number of nitriles is 1. The van der Waals surface area contributed by atoms with Crippen molar-refractivity contribution < 1.29 is 13.3 Å². The number of benzene rings is 1. The van der Waals surface area contributed by atoms with Crippen molar-refractivity contribution in [3.8, 4) is 6.07 Å². The minimum Gasteiger partial charge on any atom is -0.258 e. The third-order valence-corrected chi connectivity index (χ3v) is 5.25. The molecule has 0 N–H and O–H groups in total. The number of nitrogens with zero attached hydrogens (tertiary/aromatic N) is 3. The van der Waals surface area contributed by atoms with Crippen LogP contribution in [0.5, 0.6) is 0 Å². The van der Waals surface area contributed by atoms with Gasteiger partial charge < -0.3 is 0 Å². The van der Waals surface area contributed by atoms with Crippen LogP contribution < -0.4 is 0 Å². The average Bonchev–Trinajstić information content (AvgIpc) is 2.37. The third-order valence-electron chi connectivity index (χ3n) is 2.79. The fraction of sp³-hybridized carbons (Fsp3) is 0.364. The number of nitro benzene ring substituents is 1. The molecule has 0 bridgehead atoms. The Morgan fingerprint density at radius 1 is 1.55 bits per heavy atom. The van der Waals surface area contributed by atoms with Crippen LogP contribution in [0.1, 0.15) is 13.3 Å². The standard InChI is InChI=1S/C11H12ClN3O4S/c1-8(5-6-13)14(2)20(18,19)11-4-3-9(15(16)17)7-10(11)12/h3-4,7-8H,5H2,1-2H3. The van der Waals surface area contributed by atoms with E-state index in [1.54, 1.807) is 6.92 Å². The van der Waals surface area contributed by atoms with Crippen LogP contribution in [-0.2, 0) is 10.0 Å². The number of halogens is 1. The van der Waals surface area contributed by atoms with E-state index in [0.29, 0.717) is 0 Å². The Labute approximate surface area is 121 Å². The summed E-state index contributed by atoms with van der Waals surface area (Å²) in [6.45, 7) is 1.58. The number of rotatable bonds is 5. The summed E-state index contributed by atoms with van der Waals surface area (Å²) in [4.78, 5) is 9.71. The van der Waals surface area contributed by atoms with Crippen molar-refractivity contribution in [3.63, 3.8) is 0 Å². The minimum absolute atomic E-state index is 0.0281. The van der Waals surface area contributed by atoms with Crippen LogP contribution in [0.3, 0.4) is 0 Å². The highest BCUT2D eigenvalue weighted by molar-refractivity contribution is 7.89. The van der Waals surface area contributed by atoms with Gasteiger partial charge in [-0.2, -0.15) is 9.57 Å². The normalized spacial score (nSPS) is 12.9. The van der Waals surface area contributed by atoms with Gasteiger partial charge in [-0.3, -0.25) is 10.1 Å². The molecule has 0 aliphatic carbocycles. The summed E-state index contributed by atoms with van der Waals surface area (Å²) in [5.41, 5.74) is -0.290. The van der Waals surface area contributed by atoms with Crippen LogP contribution in [0.15, 0.2) is 23.1 Å². The molecular formula is C11H12ClN3O4S. The molecule has 1 rings (SSSR count). The van der Waals surface area contributed by atoms with Crippen LogP contribution in [0.4, 0.5) is 5.69 Å². The van der Waals surface area contributed by atoms with Crippen molar-refractivity contribution >= 4 is 27.3 Å². The maximum atomic E-state index is 12.3. The highest BCUT2D eigenvalue weighted by Gasteiger charge is 2.28. The molecule has 0 aromatic heterocycles. The zero-order valence-electron chi connectivity index (χ0n) is 10.8. The summed E-state index contributed by atoms with van der Waals surface area (Å²) in [5, 5.41) is 19.0. The van der Waals surface area contributed by atoms with Gasteiger partial charge >= 0.3 is 0 Å². The van der Waals surface area contributed by atoms with Crippen molar-refractivity contribution in [1.82, 2.24) is 4.31 Å². The van der Waals surface area contributed by atoms with E-state index in [4.69, 9.17) is 16.9 Å². The van der Waals surface area contributed by atoms with Gasteiger partial charge in [0.1, 0.15) is 4.90 Å². The zero-order chi connectivity index (χ0) is 15.5. The molecule has 0 aliphatic rings. The van der Waals surface area contributed by atoms with Gasteiger partial charge in [0.2, 0.25) is 10.0 Å². The average molecular weight is 318 g/mol. The Kier molecular flexibility index (Phi) is 5.05. The molecule has 1 unspecified atom stereocenters. The SMILES string of the molecule is CC(CC#N)N(C)S(=O)(=O)c1ccc([N+](=O)[O-])cc1Cl. The van der Waals surface area contributed by atoms with E-state index in [1.165, 1.54) is 7.05 Å². The Bertz CT molecular complexity index is 669. The minimum atomic E-state index is -3.91. The first-order valence-corrected chi connectivity index (χ1v) is 7.32. The van der Waals surface area contributed by atoms with E-state index < -0.39 is 21.0 Å². The van der Waals surface area contributed by atoms with Crippen molar-refractivity contribution in [2.75, 3.05) is 7.05 Å². The van der Waals surface area contributed by atoms with Crippen molar-refractivity contribution in [1.29, 1.82) is 5.26 Å². The summed E-state index contributed by atoms with van der Waals surface area (Å²) in [5.74, 6) is 0. The molecule has 0 heterocycles. The Morgan fingerprint density at radius 2 is 2.15 bits per heavy atom. The molecule has 0 radical (unpaired) electrons. The first-order valence-electron chi connectivity index (χ1n) is 5.50. The summed E-state index contributed by atoms with van der Waals surface area (Å²) >= 11 is 5.81. The quantitative estimate of drug-likeness (QED) is 0.611. The van der Waals surface area contributed by atoms with E-state index in [2.05, 4.69) is 0 Å². The maximum absolute atomic E-state index is 12.3. The smallest absolute Gasteiger partial charge is 0.258 e. The molecule has 0 saturated heterocycles. The highest BCUT2D eigenvalue weighted by atomic mass is 35.5. The molecule has 1 aromatic rings. The lowest BCUT2D eigenvalue weighted by molar-refractivity contribution is -0.384. The van der Waals surface area contributed by atoms with Gasteiger partial charge in [0.15, 0.2) is 0 Å². The predicted octanol–water partition coefficient (Wildman–Crippen LogP) is 2.17. The van der Waals surface area contributed by atoms with Crippen molar-refractivity contribution in [2.45, 2.75) is 24.3 Å². The van der Waals surface area contributed by atoms with E-state index in [9.17, 15) is 18.5 Å². The molecule has 0 aliphatic heterocycles. The lowest BCUT2D eigenvalue weighted by Gasteiger charge is -2.22. The van der Waals surface area contributed by atoms with Gasteiger partial charge in [0.05, 0.1) is 22.4 Å². The first-order chi connectivity index (χ1) is 9.21. The number of non-ortho nitro benzene ring substituents is 1. The molecule has 0 spiro atoms. The van der Waals surface area contributed by atoms with Crippen molar-refractivity contribution in [2.24, 2.45) is 0 Å². The van der Waals surface area contributed by atoms with Gasteiger partial charge in [-0.15, -0.1) is 0 Å². The number of sulfonamides is 1. The van der Waals surface area contributed by atoms with E-state index >= 15 is 0 Å². The molecular weight excluding hydrogens is 306 g/mol. The fourth-order valence-corrected chi connectivity index (χ4v) is 3.34. The van der Waals surface area contributed by atoms with Crippen LogP contribution >= 0.6 is 11.6 Å². The molecule has 1 atom stereocenters. The second-order valence-corrected chi connectivity index (χ2v) is 6.48. The van der Waals surface area contributed by atoms with Gasteiger partial charge in [-0.1, -0.05) is 11.6 Å². The molecule has 0 fully saturated rings. The largest absolute Gasteiger partial charge is 0.271 e. The molecule has 108 valence electrons. The summed E-state index contributed by atoms with van der Waals surface area (Å²) in [6, 6.07) is 4.49. The topological polar surface area (TPSA) is 104 Å². The van der Waals surface area contributed by atoms with Gasteiger partial charge in [-0.05, 0) is 13.0 Å². The van der Waals surface area contributed by atoms with E-state index in [0.717, 1.165) is 22.5 Å². The molecule has 1 aromatic carbocycles. The number of nitro groups is 1. The summed E-state index contributed by atoms with van der Waals surface area (Å²) < 4.78 is 25.6. The van der Waals surface area contributed by atoms with Crippen LogP contribution in [-0.4, -0.2) is 30.7 Å². The van der Waals surface area contributed by atoms with Gasteiger partial charge in [-0.25, -0.2) is 8.42 Å². The predicted molar refractivity (Wildman–Crippen MR) is 72.7 cm³/mol. The van der Waals surface area contributed by atoms with Gasteiger partial charge in [0, 0.05) is 25.2 Å². The number of hydrogen-bond acceptors (Lipinski definition) is 5. The van der Waals surface area contributed by atoms with Crippen LogP contribution in [0.25, 0.3) is 0 Å². The lowest BCUT2D eigenvalue weighted by Crippen LogP contribution is -2.35. The van der Waals surface area contributed by atoms with Crippen LogP contribution in [0.2, 0.25) is 5.02 Å². The Morgan fingerprint density at radius 3 is 2.60 bits per heavy atom. The van der Waals surface area contributed by atoms with E-state index in [-0.39, 0.29) is 22.0 Å². The molecule has 0 amide bonds. The molecule has 0 saturated carbocycles. The van der Waals surface area contributed by atoms with E-state index in [1.807, 2.05) is 6.07 Å². The monoisotopic (exact) mass is 317 g/mol. The molecule has 20 heavy (non-hydrogen) atoms. The number of hydrogen-bond donors (Lipinski definition) is 0. The Balaban J connectivity index is 3.23. The molecule has 7 nitrogen and oxygen atoms in total. The lowest BCUT2D eigenvalue weighted by atomic mass is 10.3. The maximum Gasteiger partial charge on any atom is 0.271 e. The second kappa shape index (κ2) is 6.17. The highest BCUT2D eigenvalue weighted by Crippen LogP contribution is 2.28. The van der Waals surface area contributed by atoms with Crippen molar-refractivity contribution in [3.05, 3.63) is 33.3 Å².